The molecule has 0 bridgehead atoms. The molecule has 1 heterocycles. The van der Waals surface area contributed by atoms with Gasteiger partial charge in [0.2, 0.25) is 0 Å². The van der Waals surface area contributed by atoms with Gasteiger partial charge in [0.1, 0.15) is 12.4 Å². The van der Waals surface area contributed by atoms with Crippen molar-refractivity contribution < 1.29 is 14.3 Å². The minimum absolute atomic E-state index is 0.112. The second kappa shape index (κ2) is 7.97. The van der Waals surface area contributed by atoms with Gasteiger partial charge in [-0.3, -0.25) is 9.59 Å². The van der Waals surface area contributed by atoms with Crippen LogP contribution < -0.4 is 4.74 Å². The summed E-state index contributed by atoms with van der Waals surface area (Å²) in [4.78, 5) is 25.8. The third-order valence-electron chi connectivity index (χ3n) is 4.50. The van der Waals surface area contributed by atoms with Gasteiger partial charge in [0.25, 0.3) is 5.91 Å². The van der Waals surface area contributed by atoms with Crippen LogP contribution in [0.2, 0.25) is 0 Å². The number of benzene rings is 2. The summed E-state index contributed by atoms with van der Waals surface area (Å²) in [5, 5.41) is 0. The van der Waals surface area contributed by atoms with E-state index in [0.717, 1.165) is 42.8 Å². The van der Waals surface area contributed by atoms with Crippen molar-refractivity contribution in [2.24, 2.45) is 0 Å². The third-order valence-corrected chi connectivity index (χ3v) is 4.50. The molecule has 0 unspecified atom stereocenters. The highest BCUT2D eigenvalue weighted by atomic mass is 16.5. The minimum Gasteiger partial charge on any atom is -0.489 e. The van der Waals surface area contributed by atoms with Gasteiger partial charge in [0, 0.05) is 30.6 Å². The fraction of sp³-hybridized carbons (Fsp3) is 0.333. The van der Waals surface area contributed by atoms with E-state index >= 15 is 0 Å². The van der Waals surface area contributed by atoms with Gasteiger partial charge >= 0.3 is 0 Å². The summed E-state index contributed by atoms with van der Waals surface area (Å²) in [6.07, 6.45) is 2.70. The first kappa shape index (κ1) is 17.2. The van der Waals surface area contributed by atoms with Gasteiger partial charge < -0.3 is 9.64 Å². The Morgan fingerprint density at radius 1 is 0.920 bits per heavy atom. The van der Waals surface area contributed by atoms with Gasteiger partial charge in [-0.25, -0.2) is 0 Å². The van der Waals surface area contributed by atoms with Crippen molar-refractivity contribution in [1.29, 1.82) is 0 Å². The maximum Gasteiger partial charge on any atom is 0.253 e. The van der Waals surface area contributed by atoms with Crippen LogP contribution in [0.25, 0.3) is 0 Å². The molecule has 1 fully saturated rings. The Morgan fingerprint density at radius 2 is 1.52 bits per heavy atom. The van der Waals surface area contributed by atoms with Gasteiger partial charge in [-0.05, 0) is 54.8 Å². The SMILES string of the molecule is CCC(=O)c1ccc(OCc2ccc(C(=O)N3CCCC3)cc2)cc1. The van der Waals surface area contributed by atoms with Gasteiger partial charge in [0.05, 0.1) is 0 Å². The summed E-state index contributed by atoms with van der Waals surface area (Å²) >= 11 is 0. The lowest BCUT2D eigenvalue weighted by Crippen LogP contribution is -2.27. The lowest BCUT2D eigenvalue weighted by molar-refractivity contribution is 0.0792. The van der Waals surface area contributed by atoms with Crippen molar-refractivity contribution in [2.45, 2.75) is 32.8 Å². The van der Waals surface area contributed by atoms with E-state index in [1.165, 1.54) is 0 Å². The van der Waals surface area contributed by atoms with Gasteiger partial charge in [-0.2, -0.15) is 0 Å². The fourth-order valence-electron chi connectivity index (χ4n) is 2.95. The number of hydrogen-bond acceptors (Lipinski definition) is 3. The summed E-state index contributed by atoms with van der Waals surface area (Å²) in [5.74, 6) is 0.968. The Bertz CT molecular complexity index is 729. The molecule has 2 aromatic rings. The largest absolute Gasteiger partial charge is 0.489 e. The molecule has 4 heteroatoms. The topological polar surface area (TPSA) is 46.6 Å². The minimum atomic E-state index is 0.112. The quantitative estimate of drug-likeness (QED) is 0.746. The highest BCUT2D eigenvalue weighted by molar-refractivity contribution is 5.96. The van der Waals surface area contributed by atoms with Crippen LogP contribution >= 0.6 is 0 Å². The molecule has 4 nitrogen and oxygen atoms in total. The van der Waals surface area contributed by atoms with Crippen LogP contribution in [0, 0.1) is 0 Å². The molecule has 1 aliphatic rings. The van der Waals surface area contributed by atoms with E-state index in [1.54, 1.807) is 12.1 Å². The molecule has 0 saturated carbocycles. The molecule has 25 heavy (non-hydrogen) atoms. The number of hydrogen-bond donors (Lipinski definition) is 0. The lowest BCUT2D eigenvalue weighted by atomic mass is 10.1. The molecule has 0 spiro atoms. The molecule has 0 atom stereocenters. The van der Waals surface area contributed by atoms with Gasteiger partial charge in [-0.15, -0.1) is 0 Å². The number of ketones is 1. The van der Waals surface area contributed by atoms with Crippen molar-refractivity contribution in [3.63, 3.8) is 0 Å². The lowest BCUT2D eigenvalue weighted by Gasteiger charge is -2.15. The first-order chi connectivity index (χ1) is 12.2. The number of carbonyl (C=O) groups excluding carboxylic acids is 2. The Kier molecular flexibility index (Phi) is 5.49. The molecule has 0 N–H and O–H groups in total. The predicted octanol–water partition coefficient (Wildman–Crippen LogP) is 4.09. The number of rotatable bonds is 6. The zero-order valence-corrected chi connectivity index (χ0v) is 14.5. The van der Waals surface area contributed by atoms with E-state index in [2.05, 4.69) is 0 Å². The molecule has 2 aromatic carbocycles. The van der Waals surface area contributed by atoms with E-state index < -0.39 is 0 Å². The van der Waals surface area contributed by atoms with Crippen molar-refractivity contribution in [3.05, 3.63) is 65.2 Å². The van der Waals surface area contributed by atoms with E-state index in [-0.39, 0.29) is 11.7 Å². The predicted molar refractivity (Wildman–Crippen MR) is 97.0 cm³/mol. The van der Waals surface area contributed by atoms with Crippen LogP contribution in [-0.2, 0) is 6.61 Å². The average Bonchev–Trinajstić information content (AvgIpc) is 3.21. The number of amides is 1. The smallest absolute Gasteiger partial charge is 0.253 e. The standard InChI is InChI=1S/C21H23NO3/c1-2-20(23)17-9-11-19(12-10-17)25-15-16-5-7-18(8-6-16)21(24)22-13-3-4-14-22/h5-12H,2-4,13-15H2,1H3. The second-order valence-electron chi connectivity index (χ2n) is 6.29. The van der Waals surface area contributed by atoms with Crippen LogP contribution in [0.3, 0.4) is 0 Å². The summed E-state index contributed by atoms with van der Waals surface area (Å²) in [6, 6.07) is 14.8. The molecule has 3 rings (SSSR count). The van der Waals surface area contributed by atoms with E-state index in [1.807, 2.05) is 48.2 Å². The molecule has 130 valence electrons. The van der Waals surface area contributed by atoms with Crippen molar-refractivity contribution in [1.82, 2.24) is 4.90 Å². The molecule has 0 aliphatic carbocycles. The molecule has 0 aromatic heterocycles. The first-order valence-electron chi connectivity index (χ1n) is 8.81. The van der Waals surface area contributed by atoms with Crippen molar-refractivity contribution >= 4 is 11.7 Å². The Hall–Kier alpha value is -2.62. The molecular formula is C21H23NO3. The molecular weight excluding hydrogens is 314 g/mol. The average molecular weight is 337 g/mol. The molecule has 0 radical (unpaired) electrons. The highest BCUT2D eigenvalue weighted by Crippen LogP contribution is 2.17. The summed E-state index contributed by atoms with van der Waals surface area (Å²) in [7, 11) is 0. The Balaban J connectivity index is 1.56. The van der Waals surface area contributed by atoms with Crippen LogP contribution in [0.15, 0.2) is 48.5 Å². The summed E-state index contributed by atoms with van der Waals surface area (Å²) in [5.41, 5.74) is 2.44. The number of carbonyl (C=O) groups is 2. The maximum absolute atomic E-state index is 12.3. The van der Waals surface area contributed by atoms with E-state index in [4.69, 9.17) is 4.74 Å². The number of Topliss-reactive ketones (excluding diaryl/α,β-unsaturated/α-hetero) is 1. The fourth-order valence-corrected chi connectivity index (χ4v) is 2.95. The second-order valence-corrected chi connectivity index (χ2v) is 6.29. The summed E-state index contributed by atoms with van der Waals surface area (Å²) < 4.78 is 5.75. The van der Waals surface area contributed by atoms with Crippen molar-refractivity contribution in [2.75, 3.05) is 13.1 Å². The number of nitrogens with zero attached hydrogens (tertiary/aromatic N) is 1. The number of likely N-dealkylation sites (tertiary alicyclic amines) is 1. The number of ether oxygens (including phenoxy) is 1. The molecule has 1 saturated heterocycles. The van der Waals surface area contributed by atoms with Crippen LogP contribution in [0.5, 0.6) is 5.75 Å². The van der Waals surface area contributed by atoms with E-state index in [0.29, 0.717) is 18.6 Å². The third kappa shape index (κ3) is 4.27. The zero-order valence-electron chi connectivity index (χ0n) is 14.5. The zero-order chi connectivity index (χ0) is 17.6. The normalized spacial score (nSPS) is 13.7. The Labute approximate surface area is 148 Å². The van der Waals surface area contributed by atoms with Crippen LogP contribution in [-0.4, -0.2) is 29.7 Å². The highest BCUT2D eigenvalue weighted by Gasteiger charge is 2.19. The van der Waals surface area contributed by atoms with Crippen molar-refractivity contribution in [3.8, 4) is 5.75 Å². The summed E-state index contributed by atoms with van der Waals surface area (Å²) in [6.45, 7) is 4.00. The molecule has 1 aliphatic heterocycles. The van der Waals surface area contributed by atoms with Gasteiger partial charge in [0.15, 0.2) is 5.78 Å². The molecule has 1 amide bonds. The monoisotopic (exact) mass is 337 g/mol. The first-order valence-corrected chi connectivity index (χ1v) is 8.81. The Morgan fingerprint density at radius 3 is 2.12 bits per heavy atom. The maximum atomic E-state index is 12.3. The van der Waals surface area contributed by atoms with Crippen LogP contribution in [0.1, 0.15) is 52.5 Å². The van der Waals surface area contributed by atoms with Gasteiger partial charge in [-0.1, -0.05) is 19.1 Å². The van der Waals surface area contributed by atoms with Crippen LogP contribution in [0.4, 0.5) is 0 Å². The van der Waals surface area contributed by atoms with E-state index in [9.17, 15) is 9.59 Å².